The third-order valence-electron chi connectivity index (χ3n) is 6.60. The number of fused-ring (bicyclic) bond motifs is 1. The summed E-state index contributed by atoms with van der Waals surface area (Å²) in [5, 5.41) is 13.8. The van der Waals surface area contributed by atoms with Crippen LogP contribution in [0.1, 0.15) is 42.6 Å². The zero-order valence-corrected chi connectivity index (χ0v) is 18.1. The van der Waals surface area contributed by atoms with Crippen molar-refractivity contribution >= 4 is 28.2 Å². The highest BCUT2D eigenvalue weighted by atomic mass is 19.1. The summed E-state index contributed by atoms with van der Waals surface area (Å²) in [5.41, 5.74) is 1.03. The number of carbonyl (C=O) groups excluding carboxylic acids is 1. The fourth-order valence-electron chi connectivity index (χ4n) is 4.86. The number of nitrogens with zero attached hydrogens (tertiary/aromatic N) is 4. The Morgan fingerprint density at radius 3 is 2.25 bits per heavy atom. The second-order valence-electron chi connectivity index (χ2n) is 8.65. The molecular weight excluding hydrogens is 405 g/mol. The van der Waals surface area contributed by atoms with Gasteiger partial charge in [-0.2, -0.15) is 0 Å². The maximum absolute atomic E-state index is 14.2. The van der Waals surface area contributed by atoms with Crippen molar-refractivity contribution in [2.45, 2.75) is 38.1 Å². The number of halogens is 1. The molecule has 2 heterocycles. The quantitative estimate of drug-likeness (QED) is 0.670. The van der Waals surface area contributed by atoms with Crippen molar-refractivity contribution in [3.63, 3.8) is 0 Å². The van der Waals surface area contributed by atoms with E-state index >= 15 is 0 Å². The van der Waals surface area contributed by atoms with Gasteiger partial charge >= 0.3 is 0 Å². The lowest BCUT2D eigenvalue weighted by molar-refractivity contribution is 0.0923. The molecule has 2 aliphatic rings. The fourth-order valence-corrected chi connectivity index (χ4v) is 4.86. The average molecular weight is 434 g/mol. The molecule has 1 aliphatic carbocycles. The summed E-state index contributed by atoms with van der Waals surface area (Å²) in [4.78, 5) is 17.2. The van der Waals surface area contributed by atoms with Gasteiger partial charge in [0.15, 0.2) is 11.5 Å². The molecule has 1 saturated carbocycles. The summed E-state index contributed by atoms with van der Waals surface area (Å²) in [5.74, 6) is 0.444. The first-order valence-electron chi connectivity index (χ1n) is 11.5. The van der Waals surface area contributed by atoms with Gasteiger partial charge in [0.1, 0.15) is 5.82 Å². The number of piperazine rings is 1. The fraction of sp³-hybridized carbons (Fsp3) is 0.400. The van der Waals surface area contributed by atoms with Crippen molar-refractivity contribution in [3.05, 3.63) is 60.0 Å². The van der Waals surface area contributed by atoms with Gasteiger partial charge in [0.25, 0.3) is 5.91 Å². The van der Waals surface area contributed by atoms with E-state index in [4.69, 9.17) is 0 Å². The molecule has 1 aliphatic heterocycles. The Labute approximate surface area is 187 Å². The Bertz CT molecular complexity index is 1110. The number of para-hydroxylation sites is 1. The number of benzene rings is 2. The summed E-state index contributed by atoms with van der Waals surface area (Å²) in [6.07, 6.45) is 5.63. The molecule has 166 valence electrons. The van der Waals surface area contributed by atoms with Gasteiger partial charge in [-0.15, -0.1) is 10.2 Å². The molecule has 3 aromatic rings. The van der Waals surface area contributed by atoms with Gasteiger partial charge < -0.3 is 15.1 Å². The second-order valence-corrected chi connectivity index (χ2v) is 8.65. The summed E-state index contributed by atoms with van der Waals surface area (Å²) in [6.45, 7) is 2.81. The molecule has 1 saturated heterocycles. The minimum atomic E-state index is -0.195. The van der Waals surface area contributed by atoms with Gasteiger partial charge in [-0.05, 0) is 25.0 Å². The molecule has 1 amide bonds. The molecule has 0 atom stereocenters. The molecule has 7 heteroatoms. The van der Waals surface area contributed by atoms with Gasteiger partial charge in [-0.25, -0.2) is 4.39 Å². The van der Waals surface area contributed by atoms with Crippen LogP contribution in [0, 0.1) is 5.82 Å². The van der Waals surface area contributed by atoms with Gasteiger partial charge in [0.2, 0.25) is 0 Å². The Morgan fingerprint density at radius 1 is 0.844 bits per heavy atom. The molecular formula is C25H28FN5O. The number of hydrogen-bond donors (Lipinski definition) is 1. The van der Waals surface area contributed by atoms with Crippen LogP contribution in [0.15, 0.2) is 48.5 Å². The van der Waals surface area contributed by atoms with Crippen LogP contribution in [0.2, 0.25) is 0 Å². The highest BCUT2D eigenvalue weighted by Crippen LogP contribution is 2.28. The highest BCUT2D eigenvalue weighted by molar-refractivity contribution is 6.07. The Hall–Kier alpha value is -3.22. The largest absolute Gasteiger partial charge is 0.366 e. The molecule has 0 spiro atoms. The SMILES string of the molecule is O=C(NC1CCCCC1)c1nnc(N2CCN(c3ccccc3F)CC2)c2ccccc12. The predicted octanol–water partition coefficient (Wildman–Crippen LogP) is 4.16. The van der Waals surface area contributed by atoms with Gasteiger partial charge in [0, 0.05) is 43.0 Å². The molecule has 0 unspecified atom stereocenters. The van der Waals surface area contributed by atoms with Crippen LogP contribution < -0.4 is 15.1 Å². The van der Waals surface area contributed by atoms with Crippen molar-refractivity contribution in [2.24, 2.45) is 0 Å². The zero-order chi connectivity index (χ0) is 21.9. The van der Waals surface area contributed by atoms with E-state index in [0.717, 1.165) is 42.3 Å². The maximum Gasteiger partial charge on any atom is 0.272 e. The summed E-state index contributed by atoms with van der Waals surface area (Å²) in [7, 11) is 0. The van der Waals surface area contributed by atoms with E-state index in [-0.39, 0.29) is 17.8 Å². The number of amides is 1. The van der Waals surface area contributed by atoms with Crippen molar-refractivity contribution in [2.75, 3.05) is 36.0 Å². The number of aromatic nitrogens is 2. The van der Waals surface area contributed by atoms with E-state index in [9.17, 15) is 9.18 Å². The molecule has 2 aromatic carbocycles. The van der Waals surface area contributed by atoms with Crippen molar-refractivity contribution in [1.29, 1.82) is 0 Å². The molecule has 5 rings (SSSR count). The van der Waals surface area contributed by atoms with Crippen molar-refractivity contribution in [3.8, 4) is 0 Å². The second kappa shape index (κ2) is 9.10. The average Bonchev–Trinajstić information content (AvgIpc) is 2.84. The summed E-state index contributed by atoms with van der Waals surface area (Å²) < 4.78 is 14.2. The predicted molar refractivity (Wildman–Crippen MR) is 125 cm³/mol. The van der Waals surface area contributed by atoms with E-state index in [0.29, 0.717) is 37.6 Å². The van der Waals surface area contributed by atoms with Crippen LogP contribution in [0.25, 0.3) is 10.8 Å². The van der Waals surface area contributed by atoms with Gasteiger partial charge in [-0.3, -0.25) is 4.79 Å². The Morgan fingerprint density at radius 2 is 1.50 bits per heavy atom. The highest BCUT2D eigenvalue weighted by Gasteiger charge is 2.25. The normalized spacial score (nSPS) is 17.5. The van der Waals surface area contributed by atoms with Gasteiger partial charge in [-0.1, -0.05) is 55.7 Å². The lowest BCUT2D eigenvalue weighted by Gasteiger charge is -2.37. The van der Waals surface area contributed by atoms with Crippen LogP contribution in [0.4, 0.5) is 15.9 Å². The minimum absolute atomic E-state index is 0.142. The lowest BCUT2D eigenvalue weighted by Crippen LogP contribution is -2.47. The molecule has 1 N–H and O–H groups in total. The van der Waals surface area contributed by atoms with Crippen LogP contribution >= 0.6 is 0 Å². The molecule has 32 heavy (non-hydrogen) atoms. The van der Waals surface area contributed by atoms with Crippen LogP contribution in [0.3, 0.4) is 0 Å². The third-order valence-corrected chi connectivity index (χ3v) is 6.60. The first-order valence-corrected chi connectivity index (χ1v) is 11.5. The minimum Gasteiger partial charge on any atom is -0.366 e. The molecule has 1 aromatic heterocycles. The third kappa shape index (κ3) is 4.11. The number of carbonyl (C=O) groups is 1. The number of rotatable bonds is 4. The van der Waals surface area contributed by atoms with E-state index in [1.165, 1.54) is 12.5 Å². The molecule has 0 bridgehead atoms. The number of anilines is 2. The van der Waals surface area contributed by atoms with Crippen LogP contribution in [-0.4, -0.2) is 48.3 Å². The first kappa shape index (κ1) is 20.7. The monoisotopic (exact) mass is 433 g/mol. The van der Waals surface area contributed by atoms with Gasteiger partial charge in [0.05, 0.1) is 5.69 Å². The van der Waals surface area contributed by atoms with Crippen LogP contribution in [-0.2, 0) is 0 Å². The van der Waals surface area contributed by atoms with E-state index in [2.05, 4.69) is 25.3 Å². The van der Waals surface area contributed by atoms with E-state index in [1.807, 2.05) is 36.4 Å². The topological polar surface area (TPSA) is 61.4 Å². The Balaban J connectivity index is 1.36. The number of nitrogens with one attached hydrogen (secondary N) is 1. The molecule has 2 fully saturated rings. The molecule has 6 nitrogen and oxygen atoms in total. The first-order chi connectivity index (χ1) is 15.7. The number of hydrogen-bond acceptors (Lipinski definition) is 5. The van der Waals surface area contributed by atoms with Crippen molar-refractivity contribution < 1.29 is 9.18 Å². The summed E-state index contributed by atoms with van der Waals surface area (Å²) in [6, 6.07) is 15.0. The Kier molecular flexibility index (Phi) is 5.88. The standard InChI is InChI=1S/C25H28FN5O/c26-21-12-6-7-13-22(21)30-14-16-31(17-15-30)24-20-11-5-4-10-19(20)23(28-29-24)25(32)27-18-8-2-1-3-9-18/h4-7,10-13,18H,1-3,8-9,14-17H2,(H,27,32). The molecule has 0 radical (unpaired) electrons. The maximum atomic E-state index is 14.2. The smallest absolute Gasteiger partial charge is 0.272 e. The lowest BCUT2D eigenvalue weighted by atomic mass is 9.95. The summed E-state index contributed by atoms with van der Waals surface area (Å²) >= 11 is 0. The zero-order valence-electron chi connectivity index (χ0n) is 18.1. The van der Waals surface area contributed by atoms with Crippen LogP contribution in [0.5, 0.6) is 0 Å². The van der Waals surface area contributed by atoms with E-state index < -0.39 is 0 Å². The van der Waals surface area contributed by atoms with Crippen molar-refractivity contribution in [1.82, 2.24) is 15.5 Å². The van der Waals surface area contributed by atoms with E-state index in [1.54, 1.807) is 6.07 Å².